The number of rotatable bonds is 4. The zero-order chi connectivity index (χ0) is 14.0. The van der Waals surface area contributed by atoms with Gasteiger partial charge in [-0.05, 0) is 19.4 Å². The monoisotopic (exact) mass is 278 g/mol. The molecule has 3 N–H and O–H groups in total. The molecule has 0 fully saturated rings. The molecule has 1 heterocycles. The molecule has 7 heteroatoms. The Morgan fingerprint density at radius 1 is 1.42 bits per heavy atom. The predicted molar refractivity (Wildman–Crippen MR) is 73.4 cm³/mol. The van der Waals surface area contributed by atoms with Crippen LogP contribution in [0.25, 0.3) is 11.4 Å². The molecule has 0 amide bonds. The van der Waals surface area contributed by atoms with Crippen LogP contribution in [0.5, 0.6) is 0 Å². The van der Waals surface area contributed by atoms with Gasteiger partial charge >= 0.3 is 5.97 Å². The van der Waals surface area contributed by atoms with Crippen molar-refractivity contribution in [2.24, 2.45) is 0 Å². The number of nitrogens with two attached hydrogens (primary N) is 1. The Morgan fingerprint density at radius 2 is 2.16 bits per heavy atom. The van der Waals surface area contributed by atoms with E-state index >= 15 is 0 Å². The van der Waals surface area contributed by atoms with Gasteiger partial charge < -0.3 is 10.9 Å². The summed E-state index contributed by atoms with van der Waals surface area (Å²) in [6, 6.07) is 5.94. The van der Waals surface area contributed by atoms with E-state index < -0.39 is 5.97 Å². The fourth-order valence-corrected chi connectivity index (χ4v) is 2.33. The summed E-state index contributed by atoms with van der Waals surface area (Å²) in [5.74, 6) is 5.43. The van der Waals surface area contributed by atoms with Crippen molar-refractivity contribution in [3.05, 3.63) is 29.3 Å². The minimum absolute atomic E-state index is 0.0950. The van der Waals surface area contributed by atoms with Crippen molar-refractivity contribution >= 4 is 17.7 Å². The summed E-state index contributed by atoms with van der Waals surface area (Å²) < 4.78 is 1.32. The van der Waals surface area contributed by atoms with Gasteiger partial charge in [-0.2, -0.15) is 0 Å². The average molecular weight is 278 g/mol. The zero-order valence-corrected chi connectivity index (χ0v) is 11.4. The molecule has 1 aromatic heterocycles. The first-order valence-electron chi connectivity index (χ1n) is 5.61. The van der Waals surface area contributed by atoms with Gasteiger partial charge in [-0.3, -0.25) is 4.79 Å². The lowest BCUT2D eigenvalue weighted by Crippen LogP contribution is -2.13. The molecule has 0 radical (unpaired) electrons. The van der Waals surface area contributed by atoms with Crippen LogP contribution in [-0.2, 0) is 4.79 Å². The maximum atomic E-state index is 10.5. The Bertz CT molecular complexity index is 624. The molecule has 0 saturated carbocycles. The maximum Gasteiger partial charge on any atom is 0.313 e. The van der Waals surface area contributed by atoms with Gasteiger partial charge in [0.05, 0.1) is 5.75 Å². The number of carbonyl (C=O) groups is 1. The predicted octanol–water partition coefficient (Wildman–Crippen LogP) is 1.45. The number of benzene rings is 1. The molecule has 0 aliphatic heterocycles. The van der Waals surface area contributed by atoms with Crippen LogP contribution >= 0.6 is 11.8 Å². The van der Waals surface area contributed by atoms with Crippen LogP contribution in [0.2, 0.25) is 0 Å². The molecular weight excluding hydrogens is 264 g/mol. The van der Waals surface area contributed by atoms with E-state index in [4.69, 9.17) is 10.9 Å². The van der Waals surface area contributed by atoms with Crippen LogP contribution in [0, 0.1) is 13.8 Å². The Hall–Kier alpha value is -2.02. The van der Waals surface area contributed by atoms with Gasteiger partial charge in [0.1, 0.15) is 0 Å². The Morgan fingerprint density at radius 3 is 2.79 bits per heavy atom. The summed E-state index contributed by atoms with van der Waals surface area (Å²) in [6.45, 7) is 3.99. The van der Waals surface area contributed by atoms with Crippen LogP contribution in [0.15, 0.2) is 23.4 Å². The van der Waals surface area contributed by atoms with E-state index in [0.29, 0.717) is 11.0 Å². The molecule has 19 heavy (non-hydrogen) atoms. The number of aryl methyl sites for hydroxylation is 2. The largest absolute Gasteiger partial charge is 0.481 e. The second-order valence-electron chi connectivity index (χ2n) is 4.18. The number of carboxylic acids is 1. The number of carboxylic acid groups (broad SMARTS) is 1. The minimum Gasteiger partial charge on any atom is -0.481 e. The normalized spacial score (nSPS) is 10.6. The van der Waals surface area contributed by atoms with Crippen LogP contribution < -0.4 is 5.84 Å². The highest BCUT2D eigenvalue weighted by Gasteiger charge is 2.14. The first-order valence-corrected chi connectivity index (χ1v) is 6.60. The van der Waals surface area contributed by atoms with E-state index in [0.717, 1.165) is 28.5 Å². The molecule has 0 atom stereocenters. The topological polar surface area (TPSA) is 94.0 Å². The smallest absolute Gasteiger partial charge is 0.313 e. The highest BCUT2D eigenvalue weighted by atomic mass is 32.2. The highest BCUT2D eigenvalue weighted by molar-refractivity contribution is 7.99. The molecule has 0 aliphatic carbocycles. The SMILES string of the molecule is Cc1ccc(-c2nnc(SCC(=O)O)n2N)c(C)c1. The number of nitrogen functional groups attached to an aromatic ring is 1. The quantitative estimate of drug-likeness (QED) is 0.649. The highest BCUT2D eigenvalue weighted by Crippen LogP contribution is 2.24. The lowest BCUT2D eigenvalue weighted by Gasteiger charge is -2.06. The lowest BCUT2D eigenvalue weighted by molar-refractivity contribution is -0.133. The number of hydrogen-bond acceptors (Lipinski definition) is 5. The first-order chi connectivity index (χ1) is 8.99. The number of nitrogens with zero attached hydrogens (tertiary/aromatic N) is 3. The number of aliphatic carboxylic acids is 1. The van der Waals surface area contributed by atoms with Gasteiger partial charge in [0.25, 0.3) is 0 Å². The second kappa shape index (κ2) is 5.31. The lowest BCUT2D eigenvalue weighted by atomic mass is 10.1. The van der Waals surface area contributed by atoms with Crippen molar-refractivity contribution in [1.82, 2.24) is 14.9 Å². The van der Waals surface area contributed by atoms with E-state index in [2.05, 4.69) is 10.2 Å². The number of aromatic nitrogens is 3. The Kier molecular flexibility index (Phi) is 3.75. The average Bonchev–Trinajstić information content (AvgIpc) is 2.68. The molecule has 0 spiro atoms. The van der Waals surface area contributed by atoms with Gasteiger partial charge in [0, 0.05) is 5.56 Å². The third-order valence-electron chi connectivity index (χ3n) is 2.61. The molecule has 100 valence electrons. The van der Waals surface area contributed by atoms with Crippen LogP contribution in [-0.4, -0.2) is 31.7 Å². The van der Waals surface area contributed by atoms with E-state index in [1.807, 2.05) is 32.0 Å². The van der Waals surface area contributed by atoms with Crippen molar-refractivity contribution in [2.75, 3.05) is 11.6 Å². The second-order valence-corrected chi connectivity index (χ2v) is 5.12. The van der Waals surface area contributed by atoms with Crippen molar-refractivity contribution in [3.8, 4) is 11.4 Å². The Balaban J connectivity index is 2.33. The first kappa shape index (κ1) is 13.4. The van der Waals surface area contributed by atoms with Crippen molar-refractivity contribution < 1.29 is 9.90 Å². The van der Waals surface area contributed by atoms with Crippen molar-refractivity contribution in [3.63, 3.8) is 0 Å². The summed E-state index contributed by atoms with van der Waals surface area (Å²) in [7, 11) is 0. The van der Waals surface area contributed by atoms with Crippen molar-refractivity contribution in [2.45, 2.75) is 19.0 Å². The van der Waals surface area contributed by atoms with Gasteiger partial charge in [-0.1, -0.05) is 35.5 Å². The summed E-state index contributed by atoms with van der Waals surface area (Å²) in [4.78, 5) is 10.5. The number of thioether (sulfide) groups is 1. The molecule has 0 aliphatic rings. The van der Waals surface area contributed by atoms with E-state index in [1.165, 1.54) is 4.68 Å². The van der Waals surface area contributed by atoms with Gasteiger partial charge in [0.15, 0.2) is 5.82 Å². The standard InChI is InChI=1S/C12H14N4O2S/c1-7-3-4-9(8(2)5-7)11-14-15-12(16(11)13)19-6-10(17)18/h3-5H,6,13H2,1-2H3,(H,17,18). The minimum atomic E-state index is -0.916. The van der Waals surface area contributed by atoms with E-state index in [9.17, 15) is 4.79 Å². The van der Waals surface area contributed by atoms with E-state index in [1.54, 1.807) is 0 Å². The molecule has 1 aromatic carbocycles. The van der Waals surface area contributed by atoms with Gasteiger partial charge in [-0.25, -0.2) is 4.68 Å². The van der Waals surface area contributed by atoms with E-state index in [-0.39, 0.29) is 5.75 Å². The van der Waals surface area contributed by atoms with Crippen LogP contribution in [0.3, 0.4) is 0 Å². The summed E-state index contributed by atoms with van der Waals surface area (Å²) in [5, 5.41) is 17.0. The molecule has 2 aromatic rings. The van der Waals surface area contributed by atoms with Crippen LogP contribution in [0.4, 0.5) is 0 Å². The molecular formula is C12H14N4O2S. The van der Waals surface area contributed by atoms with Crippen LogP contribution in [0.1, 0.15) is 11.1 Å². The molecule has 0 unspecified atom stereocenters. The number of hydrogen-bond donors (Lipinski definition) is 2. The third-order valence-corrected chi connectivity index (χ3v) is 3.54. The molecule has 2 rings (SSSR count). The molecule has 6 nitrogen and oxygen atoms in total. The zero-order valence-electron chi connectivity index (χ0n) is 10.6. The van der Waals surface area contributed by atoms with Crippen molar-refractivity contribution in [1.29, 1.82) is 0 Å². The van der Waals surface area contributed by atoms with Gasteiger partial charge in [-0.15, -0.1) is 10.2 Å². The summed E-state index contributed by atoms with van der Waals surface area (Å²) >= 11 is 1.04. The fourth-order valence-electron chi connectivity index (χ4n) is 1.75. The fraction of sp³-hybridized carbons (Fsp3) is 0.250. The maximum absolute atomic E-state index is 10.5. The van der Waals surface area contributed by atoms with Gasteiger partial charge in [0.2, 0.25) is 5.16 Å². The Labute approximate surface area is 114 Å². The molecule has 0 saturated heterocycles. The third kappa shape index (κ3) is 2.87. The summed E-state index contributed by atoms with van der Waals surface area (Å²) in [6.07, 6.45) is 0. The molecule has 0 bridgehead atoms. The summed E-state index contributed by atoms with van der Waals surface area (Å²) in [5.41, 5.74) is 3.10.